The van der Waals surface area contributed by atoms with Gasteiger partial charge in [-0.25, -0.2) is 4.79 Å². The third kappa shape index (κ3) is 5.78. The molecule has 0 aromatic rings. The molecular formula is C8H12BrNO4S. The standard InChI is InChI=1S/C8H12BrNO4S/c1-13-10-7(6(11)5-9)8(12)14-3-4-15-2/h3-5H2,1-2H3. The van der Waals surface area contributed by atoms with E-state index in [-0.39, 0.29) is 17.6 Å². The highest BCUT2D eigenvalue weighted by Gasteiger charge is 2.21. The lowest BCUT2D eigenvalue weighted by atomic mass is 10.3. The van der Waals surface area contributed by atoms with Crippen LogP contribution in [0.3, 0.4) is 0 Å². The topological polar surface area (TPSA) is 65.0 Å². The third-order valence-electron chi connectivity index (χ3n) is 1.28. The Bertz CT molecular complexity index is 257. The number of esters is 1. The number of Topliss-reactive ketones (excluding diaryl/α,β-unsaturated/α-hetero) is 1. The third-order valence-corrected chi connectivity index (χ3v) is 2.37. The van der Waals surface area contributed by atoms with Crippen LogP contribution in [0.5, 0.6) is 0 Å². The number of alkyl halides is 1. The van der Waals surface area contributed by atoms with Crippen LogP contribution in [-0.4, -0.2) is 48.5 Å². The van der Waals surface area contributed by atoms with Gasteiger partial charge in [-0.1, -0.05) is 21.1 Å². The van der Waals surface area contributed by atoms with Crippen LogP contribution in [0.1, 0.15) is 0 Å². The lowest BCUT2D eigenvalue weighted by Crippen LogP contribution is -2.28. The minimum absolute atomic E-state index is 0.00677. The highest BCUT2D eigenvalue weighted by atomic mass is 79.9. The number of ketones is 1. The number of carbonyl (C=O) groups excluding carboxylic acids is 2. The molecule has 0 aliphatic rings. The summed E-state index contributed by atoms with van der Waals surface area (Å²) < 4.78 is 4.81. The molecule has 0 aliphatic carbocycles. The van der Waals surface area contributed by atoms with Crippen molar-refractivity contribution in [2.75, 3.05) is 31.1 Å². The van der Waals surface area contributed by atoms with Gasteiger partial charge in [0.1, 0.15) is 13.7 Å². The van der Waals surface area contributed by atoms with Crippen molar-refractivity contribution in [3.05, 3.63) is 0 Å². The van der Waals surface area contributed by atoms with Crippen molar-refractivity contribution >= 4 is 45.2 Å². The number of nitrogens with zero attached hydrogens (tertiary/aromatic N) is 1. The van der Waals surface area contributed by atoms with Crippen molar-refractivity contribution in [2.45, 2.75) is 0 Å². The number of rotatable bonds is 7. The molecule has 0 amide bonds. The van der Waals surface area contributed by atoms with E-state index in [2.05, 4.69) is 25.9 Å². The Kier molecular flexibility index (Phi) is 8.40. The Labute approximate surface area is 101 Å². The van der Waals surface area contributed by atoms with Gasteiger partial charge in [0.15, 0.2) is 0 Å². The fraction of sp³-hybridized carbons (Fsp3) is 0.625. The van der Waals surface area contributed by atoms with Crippen LogP contribution in [-0.2, 0) is 19.2 Å². The van der Waals surface area contributed by atoms with Gasteiger partial charge in [-0.2, -0.15) is 11.8 Å². The molecule has 5 nitrogen and oxygen atoms in total. The van der Waals surface area contributed by atoms with Gasteiger partial charge in [-0.15, -0.1) is 0 Å². The average molecular weight is 298 g/mol. The van der Waals surface area contributed by atoms with Gasteiger partial charge in [0.05, 0.1) is 5.33 Å². The van der Waals surface area contributed by atoms with Gasteiger partial charge in [-0.05, 0) is 6.26 Å². The van der Waals surface area contributed by atoms with Crippen LogP contribution in [0, 0.1) is 0 Å². The number of carbonyl (C=O) groups is 2. The maximum absolute atomic E-state index is 11.3. The van der Waals surface area contributed by atoms with Crippen molar-refractivity contribution in [3.63, 3.8) is 0 Å². The van der Waals surface area contributed by atoms with E-state index < -0.39 is 11.8 Å². The number of halogens is 1. The Morgan fingerprint density at radius 1 is 1.47 bits per heavy atom. The summed E-state index contributed by atoms with van der Waals surface area (Å²) in [6, 6.07) is 0. The molecule has 0 radical (unpaired) electrons. The lowest BCUT2D eigenvalue weighted by Gasteiger charge is -2.03. The molecule has 7 heteroatoms. The first-order valence-corrected chi connectivity index (χ1v) is 6.55. The molecule has 15 heavy (non-hydrogen) atoms. The molecule has 0 N–H and O–H groups in total. The summed E-state index contributed by atoms with van der Waals surface area (Å²) in [6.45, 7) is 0.248. The molecule has 0 spiro atoms. The Balaban J connectivity index is 4.31. The molecule has 0 saturated carbocycles. The SMILES string of the molecule is CON=C(C(=O)CBr)C(=O)OCCSC. The smallest absolute Gasteiger partial charge is 0.364 e. The Morgan fingerprint density at radius 3 is 2.60 bits per heavy atom. The van der Waals surface area contributed by atoms with Crippen molar-refractivity contribution in [2.24, 2.45) is 5.16 Å². The van der Waals surface area contributed by atoms with E-state index >= 15 is 0 Å². The molecule has 86 valence electrons. The van der Waals surface area contributed by atoms with Gasteiger partial charge < -0.3 is 9.57 Å². The lowest BCUT2D eigenvalue weighted by molar-refractivity contribution is -0.135. The molecule has 0 atom stereocenters. The monoisotopic (exact) mass is 297 g/mol. The number of ether oxygens (including phenoxy) is 1. The van der Waals surface area contributed by atoms with Gasteiger partial charge >= 0.3 is 5.97 Å². The van der Waals surface area contributed by atoms with Crippen LogP contribution in [0.25, 0.3) is 0 Å². The van der Waals surface area contributed by atoms with E-state index in [9.17, 15) is 9.59 Å². The predicted octanol–water partition coefficient (Wildman–Crippen LogP) is 0.859. The highest BCUT2D eigenvalue weighted by Crippen LogP contribution is 1.96. The summed E-state index contributed by atoms with van der Waals surface area (Å²) in [5.41, 5.74) is -0.324. The second-order valence-electron chi connectivity index (χ2n) is 2.31. The summed E-state index contributed by atoms with van der Waals surface area (Å²) in [6.07, 6.45) is 1.89. The summed E-state index contributed by atoms with van der Waals surface area (Å²) in [5.74, 6) is -0.546. The van der Waals surface area contributed by atoms with E-state index in [0.717, 1.165) is 0 Å². The van der Waals surface area contributed by atoms with Crippen molar-refractivity contribution in [3.8, 4) is 0 Å². The van der Waals surface area contributed by atoms with Crippen molar-refractivity contribution < 1.29 is 19.2 Å². The maximum atomic E-state index is 11.3. The Hall–Kier alpha value is -0.560. The largest absolute Gasteiger partial charge is 0.460 e. The molecule has 0 unspecified atom stereocenters. The van der Waals surface area contributed by atoms with Crippen molar-refractivity contribution in [1.82, 2.24) is 0 Å². The van der Waals surface area contributed by atoms with Crippen LogP contribution < -0.4 is 0 Å². The molecule has 0 fully saturated rings. The zero-order valence-electron chi connectivity index (χ0n) is 8.49. The number of thioether (sulfide) groups is 1. The van der Waals surface area contributed by atoms with Crippen LogP contribution in [0.2, 0.25) is 0 Å². The average Bonchev–Trinajstić information content (AvgIpc) is 2.25. The van der Waals surface area contributed by atoms with E-state index in [4.69, 9.17) is 4.74 Å². The number of oxime groups is 1. The quantitative estimate of drug-likeness (QED) is 0.174. The second kappa shape index (κ2) is 8.72. The summed E-state index contributed by atoms with van der Waals surface area (Å²) in [7, 11) is 1.26. The first-order chi connectivity index (χ1) is 7.17. The maximum Gasteiger partial charge on any atom is 0.364 e. The van der Waals surface area contributed by atoms with E-state index in [1.807, 2.05) is 6.26 Å². The van der Waals surface area contributed by atoms with E-state index in [1.165, 1.54) is 7.11 Å². The minimum atomic E-state index is -0.754. The van der Waals surface area contributed by atoms with Gasteiger partial charge in [0, 0.05) is 5.75 Å². The number of hydrogen-bond donors (Lipinski definition) is 0. The fourth-order valence-corrected chi connectivity index (χ4v) is 1.16. The van der Waals surface area contributed by atoms with Crippen LogP contribution in [0.15, 0.2) is 5.16 Å². The number of hydrogen-bond acceptors (Lipinski definition) is 6. The molecule has 0 bridgehead atoms. The molecule has 0 saturated heterocycles. The van der Waals surface area contributed by atoms with Crippen LogP contribution in [0.4, 0.5) is 0 Å². The first kappa shape index (κ1) is 14.4. The minimum Gasteiger partial charge on any atom is -0.460 e. The van der Waals surface area contributed by atoms with E-state index in [1.54, 1.807) is 11.8 Å². The van der Waals surface area contributed by atoms with Crippen LogP contribution >= 0.6 is 27.7 Å². The second-order valence-corrected chi connectivity index (χ2v) is 3.85. The van der Waals surface area contributed by atoms with Gasteiger partial charge in [0.2, 0.25) is 11.5 Å². The molecule has 0 rings (SSSR count). The van der Waals surface area contributed by atoms with Gasteiger partial charge in [-0.3, -0.25) is 4.79 Å². The molecule has 0 heterocycles. The van der Waals surface area contributed by atoms with Gasteiger partial charge in [0.25, 0.3) is 0 Å². The molecular weight excluding hydrogens is 286 g/mol. The zero-order chi connectivity index (χ0) is 11.7. The summed E-state index contributed by atoms with van der Waals surface area (Å²) >= 11 is 4.48. The van der Waals surface area contributed by atoms with E-state index in [0.29, 0.717) is 5.75 Å². The van der Waals surface area contributed by atoms with Crippen molar-refractivity contribution in [1.29, 1.82) is 0 Å². The summed E-state index contributed by atoms with van der Waals surface area (Å²) in [5, 5.41) is 3.34. The highest BCUT2D eigenvalue weighted by molar-refractivity contribution is 9.09. The summed E-state index contributed by atoms with van der Waals surface area (Å²) in [4.78, 5) is 26.9. The first-order valence-electron chi connectivity index (χ1n) is 4.03. The molecule has 0 aromatic heterocycles. The Morgan fingerprint density at radius 2 is 2.13 bits per heavy atom. The fourth-order valence-electron chi connectivity index (χ4n) is 0.643. The normalized spacial score (nSPS) is 11.0. The zero-order valence-corrected chi connectivity index (χ0v) is 10.9. The molecule has 0 aromatic carbocycles. The molecule has 0 aliphatic heterocycles. The predicted molar refractivity (Wildman–Crippen MR) is 62.6 cm³/mol.